The fourth-order valence-corrected chi connectivity index (χ4v) is 3.03. The number of halogens is 2. The molecule has 0 aliphatic heterocycles. The van der Waals surface area contributed by atoms with Crippen LogP contribution in [0.5, 0.6) is 0 Å². The monoisotopic (exact) mass is 254 g/mol. The molecule has 0 heterocycles. The van der Waals surface area contributed by atoms with Crippen molar-refractivity contribution in [3.05, 3.63) is 35.4 Å². The highest BCUT2D eigenvalue weighted by atomic mass is 19.2. The first-order chi connectivity index (χ1) is 8.61. The fraction of sp³-hybridized carbons (Fsp3) is 0.571. The highest BCUT2D eigenvalue weighted by Gasteiger charge is 2.30. The van der Waals surface area contributed by atoms with Crippen LogP contribution in [0.4, 0.5) is 8.78 Å². The third kappa shape index (κ3) is 2.87. The Bertz CT molecular complexity index is 409. The van der Waals surface area contributed by atoms with Crippen LogP contribution >= 0.6 is 0 Å². The van der Waals surface area contributed by atoms with Crippen molar-refractivity contribution in [2.75, 3.05) is 0 Å². The normalized spacial score (nSPS) is 25.3. The minimum Gasteiger partial charge on any atom is -0.271 e. The van der Waals surface area contributed by atoms with Crippen LogP contribution in [0.2, 0.25) is 0 Å². The van der Waals surface area contributed by atoms with Gasteiger partial charge in [-0.15, -0.1) is 0 Å². The Morgan fingerprint density at radius 3 is 2.67 bits per heavy atom. The van der Waals surface area contributed by atoms with Crippen LogP contribution in [0.15, 0.2) is 18.2 Å². The summed E-state index contributed by atoms with van der Waals surface area (Å²) in [5.41, 5.74) is 3.63. The van der Waals surface area contributed by atoms with Crippen LogP contribution in [0.1, 0.15) is 31.7 Å². The Labute approximate surface area is 107 Å². The summed E-state index contributed by atoms with van der Waals surface area (Å²) < 4.78 is 26.0. The molecule has 2 nitrogen and oxygen atoms in total. The maximum atomic E-state index is 13.2. The van der Waals surface area contributed by atoms with Crippen molar-refractivity contribution in [1.29, 1.82) is 0 Å². The van der Waals surface area contributed by atoms with Gasteiger partial charge in [-0.1, -0.05) is 25.8 Å². The molecule has 0 saturated heterocycles. The number of rotatable bonds is 4. The molecule has 100 valence electrons. The minimum atomic E-state index is -0.801. The van der Waals surface area contributed by atoms with E-state index in [1.165, 1.54) is 25.0 Å². The zero-order valence-electron chi connectivity index (χ0n) is 10.6. The second kappa shape index (κ2) is 5.76. The van der Waals surface area contributed by atoms with E-state index in [4.69, 9.17) is 5.84 Å². The number of nitrogens with one attached hydrogen (secondary N) is 1. The molecule has 2 rings (SSSR count). The molecule has 3 unspecified atom stereocenters. The first-order valence-corrected chi connectivity index (χ1v) is 6.52. The van der Waals surface area contributed by atoms with Gasteiger partial charge in [0.25, 0.3) is 0 Å². The Kier molecular flexibility index (Phi) is 4.30. The Morgan fingerprint density at radius 2 is 2.11 bits per heavy atom. The third-order valence-corrected chi connectivity index (χ3v) is 4.10. The van der Waals surface area contributed by atoms with E-state index in [1.807, 2.05) is 0 Å². The average Bonchev–Trinajstić information content (AvgIpc) is 2.77. The van der Waals surface area contributed by atoms with Crippen LogP contribution in [0.3, 0.4) is 0 Å². The molecule has 1 saturated carbocycles. The van der Waals surface area contributed by atoms with E-state index in [0.717, 1.165) is 12.0 Å². The minimum absolute atomic E-state index is 0.132. The maximum Gasteiger partial charge on any atom is 0.159 e. The molecular formula is C14H20F2N2. The molecular weight excluding hydrogens is 234 g/mol. The van der Waals surface area contributed by atoms with Gasteiger partial charge in [-0.2, -0.15) is 0 Å². The van der Waals surface area contributed by atoms with Crippen LogP contribution in [0.25, 0.3) is 0 Å². The van der Waals surface area contributed by atoms with Gasteiger partial charge in [0.05, 0.1) is 0 Å². The lowest BCUT2D eigenvalue weighted by molar-refractivity contribution is 0.297. The van der Waals surface area contributed by atoms with Crippen molar-refractivity contribution in [3.63, 3.8) is 0 Å². The van der Waals surface area contributed by atoms with E-state index in [1.54, 1.807) is 6.07 Å². The summed E-state index contributed by atoms with van der Waals surface area (Å²) in [6.45, 7) is 2.23. The van der Waals surface area contributed by atoms with Crippen molar-refractivity contribution >= 4 is 0 Å². The Hall–Kier alpha value is -1.00. The molecule has 4 heteroatoms. The molecule has 0 spiro atoms. The summed E-state index contributed by atoms with van der Waals surface area (Å²) >= 11 is 0. The highest BCUT2D eigenvalue weighted by Crippen LogP contribution is 2.34. The van der Waals surface area contributed by atoms with Gasteiger partial charge < -0.3 is 0 Å². The van der Waals surface area contributed by atoms with Gasteiger partial charge in [0.15, 0.2) is 11.6 Å². The zero-order valence-corrected chi connectivity index (χ0v) is 10.6. The lowest BCUT2D eigenvalue weighted by Crippen LogP contribution is -2.43. The predicted octanol–water partition coefficient (Wildman–Crippen LogP) is 2.78. The molecule has 0 aromatic heterocycles. The molecule has 3 atom stereocenters. The van der Waals surface area contributed by atoms with Crippen LogP contribution in [-0.4, -0.2) is 6.04 Å². The Balaban J connectivity index is 2.07. The largest absolute Gasteiger partial charge is 0.271 e. The quantitative estimate of drug-likeness (QED) is 0.640. The van der Waals surface area contributed by atoms with E-state index in [9.17, 15) is 8.78 Å². The first kappa shape index (κ1) is 13.4. The summed E-state index contributed by atoms with van der Waals surface area (Å²) in [5.74, 6) is 5.18. The number of benzene rings is 1. The summed E-state index contributed by atoms with van der Waals surface area (Å²) in [4.78, 5) is 0. The summed E-state index contributed by atoms with van der Waals surface area (Å²) in [6, 6.07) is 4.20. The van der Waals surface area contributed by atoms with Crippen molar-refractivity contribution in [2.45, 2.75) is 38.6 Å². The molecule has 1 aliphatic rings. The van der Waals surface area contributed by atoms with Gasteiger partial charge in [-0.3, -0.25) is 11.3 Å². The second-order valence-electron chi connectivity index (χ2n) is 5.30. The summed E-state index contributed by atoms with van der Waals surface area (Å²) in [6.07, 6.45) is 4.24. The van der Waals surface area contributed by atoms with E-state index >= 15 is 0 Å². The van der Waals surface area contributed by atoms with Crippen LogP contribution in [-0.2, 0) is 6.42 Å². The molecule has 0 radical (unpaired) electrons. The van der Waals surface area contributed by atoms with Gasteiger partial charge >= 0.3 is 0 Å². The van der Waals surface area contributed by atoms with Crippen molar-refractivity contribution in [3.8, 4) is 0 Å². The van der Waals surface area contributed by atoms with E-state index in [2.05, 4.69) is 12.3 Å². The molecule has 1 aromatic rings. The van der Waals surface area contributed by atoms with Gasteiger partial charge in [0.2, 0.25) is 0 Å². The third-order valence-electron chi connectivity index (χ3n) is 4.10. The van der Waals surface area contributed by atoms with Gasteiger partial charge in [-0.05, 0) is 42.4 Å². The number of hydrogen-bond acceptors (Lipinski definition) is 2. The van der Waals surface area contributed by atoms with E-state index < -0.39 is 11.6 Å². The van der Waals surface area contributed by atoms with Gasteiger partial charge in [-0.25, -0.2) is 8.78 Å². The van der Waals surface area contributed by atoms with Crippen molar-refractivity contribution in [2.24, 2.45) is 17.7 Å². The summed E-state index contributed by atoms with van der Waals surface area (Å²) in [7, 11) is 0. The Morgan fingerprint density at radius 1 is 1.33 bits per heavy atom. The van der Waals surface area contributed by atoms with Crippen LogP contribution in [0, 0.1) is 23.5 Å². The smallest absolute Gasteiger partial charge is 0.159 e. The fourth-order valence-electron chi connectivity index (χ4n) is 3.03. The second-order valence-corrected chi connectivity index (χ2v) is 5.30. The van der Waals surface area contributed by atoms with Gasteiger partial charge in [0.1, 0.15) is 0 Å². The first-order valence-electron chi connectivity index (χ1n) is 6.52. The zero-order chi connectivity index (χ0) is 13.1. The maximum absolute atomic E-state index is 13.2. The SMILES string of the molecule is CC1CCCC1C(Cc1ccc(F)c(F)c1)NN. The lowest BCUT2D eigenvalue weighted by atomic mass is 9.87. The molecule has 0 amide bonds. The predicted molar refractivity (Wildman–Crippen MR) is 67.7 cm³/mol. The van der Waals surface area contributed by atoms with Crippen molar-refractivity contribution in [1.82, 2.24) is 5.43 Å². The summed E-state index contributed by atoms with van der Waals surface area (Å²) in [5, 5.41) is 0. The molecule has 0 bridgehead atoms. The molecule has 18 heavy (non-hydrogen) atoms. The lowest BCUT2D eigenvalue weighted by Gasteiger charge is -2.26. The van der Waals surface area contributed by atoms with Gasteiger partial charge in [0, 0.05) is 6.04 Å². The highest BCUT2D eigenvalue weighted by molar-refractivity contribution is 5.19. The number of nitrogens with two attached hydrogens (primary N) is 1. The molecule has 1 fully saturated rings. The number of hydrogen-bond donors (Lipinski definition) is 2. The number of hydrazine groups is 1. The van der Waals surface area contributed by atoms with E-state index in [-0.39, 0.29) is 6.04 Å². The van der Waals surface area contributed by atoms with Crippen molar-refractivity contribution < 1.29 is 8.78 Å². The molecule has 1 aromatic carbocycles. The van der Waals surface area contributed by atoms with E-state index in [0.29, 0.717) is 18.3 Å². The standard InChI is InChI=1S/C14H20F2N2/c1-9-3-2-4-11(9)14(18-17)8-10-5-6-12(15)13(16)7-10/h5-7,9,11,14,18H,2-4,8,17H2,1H3. The molecule has 1 aliphatic carbocycles. The average molecular weight is 254 g/mol. The topological polar surface area (TPSA) is 38.0 Å². The molecule has 3 N–H and O–H groups in total. The van der Waals surface area contributed by atoms with Crippen LogP contribution < -0.4 is 11.3 Å².